The van der Waals surface area contributed by atoms with Crippen LogP contribution in [0.25, 0.3) is 11.1 Å². The van der Waals surface area contributed by atoms with Crippen molar-refractivity contribution in [1.29, 1.82) is 0 Å². The minimum atomic E-state index is -4.33. The molecule has 3 rings (SSSR count). The van der Waals surface area contributed by atoms with Crippen LogP contribution in [-0.2, 0) is 12.6 Å². The largest absolute Gasteiger partial charge is 0.416 e. The predicted molar refractivity (Wildman–Crippen MR) is 74.1 cm³/mol. The van der Waals surface area contributed by atoms with E-state index in [2.05, 4.69) is 0 Å². The molecule has 108 valence electrons. The van der Waals surface area contributed by atoms with Crippen molar-refractivity contribution >= 4 is 5.78 Å². The minimum absolute atomic E-state index is 0.116. The zero-order valence-corrected chi connectivity index (χ0v) is 11.2. The van der Waals surface area contributed by atoms with Crippen molar-refractivity contribution in [3.8, 4) is 11.1 Å². The molecule has 4 heteroatoms. The van der Waals surface area contributed by atoms with Gasteiger partial charge in [-0.25, -0.2) is 0 Å². The van der Waals surface area contributed by atoms with Gasteiger partial charge in [-0.05, 0) is 41.7 Å². The van der Waals surface area contributed by atoms with Crippen LogP contribution >= 0.6 is 0 Å². The molecule has 2 aromatic rings. The van der Waals surface area contributed by atoms with E-state index in [4.69, 9.17) is 0 Å². The van der Waals surface area contributed by atoms with Crippen molar-refractivity contribution in [2.45, 2.75) is 25.4 Å². The standard InChI is InChI=1S/C17H13F3O/c18-17(19,20)12-9-7-11(8-10-12)13-3-1-5-15-14(13)4-2-6-16(15)21/h1,3,5,7-10H,2,4,6H2. The maximum Gasteiger partial charge on any atom is 0.416 e. The Bertz CT molecular complexity index is 684. The van der Waals surface area contributed by atoms with E-state index in [1.54, 1.807) is 12.1 Å². The highest BCUT2D eigenvalue weighted by molar-refractivity contribution is 6.00. The van der Waals surface area contributed by atoms with E-state index < -0.39 is 11.7 Å². The molecule has 0 spiro atoms. The van der Waals surface area contributed by atoms with Crippen molar-refractivity contribution in [1.82, 2.24) is 0 Å². The lowest BCUT2D eigenvalue weighted by molar-refractivity contribution is -0.137. The summed E-state index contributed by atoms with van der Waals surface area (Å²) in [6.07, 6.45) is -2.20. The molecule has 0 fully saturated rings. The molecule has 1 nitrogen and oxygen atoms in total. The van der Waals surface area contributed by atoms with Gasteiger partial charge in [-0.1, -0.05) is 30.3 Å². The van der Waals surface area contributed by atoms with Crippen LogP contribution in [0.5, 0.6) is 0 Å². The van der Waals surface area contributed by atoms with E-state index in [-0.39, 0.29) is 5.78 Å². The fourth-order valence-electron chi connectivity index (χ4n) is 2.79. The maximum atomic E-state index is 12.6. The molecule has 0 unspecified atom stereocenters. The molecular weight excluding hydrogens is 277 g/mol. The molecule has 0 bridgehead atoms. The Morgan fingerprint density at radius 3 is 2.19 bits per heavy atom. The van der Waals surface area contributed by atoms with Crippen molar-refractivity contribution in [3.63, 3.8) is 0 Å². The summed E-state index contributed by atoms with van der Waals surface area (Å²) in [7, 11) is 0. The molecule has 0 saturated carbocycles. The summed E-state index contributed by atoms with van der Waals surface area (Å²) >= 11 is 0. The monoisotopic (exact) mass is 290 g/mol. The Hall–Kier alpha value is -2.10. The van der Waals surface area contributed by atoms with Crippen molar-refractivity contribution < 1.29 is 18.0 Å². The molecule has 21 heavy (non-hydrogen) atoms. The van der Waals surface area contributed by atoms with Gasteiger partial charge < -0.3 is 0 Å². The van der Waals surface area contributed by atoms with Gasteiger partial charge >= 0.3 is 6.18 Å². The molecule has 0 radical (unpaired) electrons. The third kappa shape index (κ3) is 2.58. The molecule has 0 saturated heterocycles. The van der Waals surface area contributed by atoms with Crippen LogP contribution in [0.4, 0.5) is 13.2 Å². The third-order valence-corrected chi connectivity index (χ3v) is 3.83. The van der Waals surface area contributed by atoms with E-state index >= 15 is 0 Å². The molecule has 0 heterocycles. The highest BCUT2D eigenvalue weighted by Gasteiger charge is 2.30. The van der Waals surface area contributed by atoms with Gasteiger partial charge in [-0.15, -0.1) is 0 Å². The molecule has 0 amide bonds. The maximum absolute atomic E-state index is 12.6. The number of carbonyl (C=O) groups excluding carboxylic acids is 1. The first-order valence-corrected chi connectivity index (χ1v) is 6.79. The smallest absolute Gasteiger partial charge is 0.294 e. The second kappa shape index (κ2) is 5.02. The zero-order valence-electron chi connectivity index (χ0n) is 11.2. The Balaban J connectivity index is 2.05. The van der Waals surface area contributed by atoms with Crippen LogP contribution in [0.3, 0.4) is 0 Å². The van der Waals surface area contributed by atoms with E-state index in [1.807, 2.05) is 6.07 Å². The molecule has 1 aliphatic rings. The van der Waals surface area contributed by atoms with Gasteiger partial charge in [0.2, 0.25) is 0 Å². The number of benzene rings is 2. The lowest BCUT2D eigenvalue weighted by Crippen LogP contribution is -2.11. The molecule has 0 N–H and O–H groups in total. The van der Waals surface area contributed by atoms with Crippen LogP contribution in [0.2, 0.25) is 0 Å². The average molecular weight is 290 g/mol. The Morgan fingerprint density at radius 1 is 0.857 bits per heavy atom. The van der Waals surface area contributed by atoms with Gasteiger partial charge in [0.1, 0.15) is 0 Å². The summed E-state index contributed by atoms with van der Waals surface area (Å²) in [5.74, 6) is 0.116. The summed E-state index contributed by atoms with van der Waals surface area (Å²) in [4.78, 5) is 11.9. The fraction of sp³-hybridized carbons (Fsp3) is 0.235. The lowest BCUT2D eigenvalue weighted by atomic mass is 9.85. The summed E-state index contributed by atoms with van der Waals surface area (Å²) in [6.45, 7) is 0. The second-order valence-electron chi connectivity index (χ2n) is 5.18. The number of rotatable bonds is 1. The third-order valence-electron chi connectivity index (χ3n) is 3.83. The Morgan fingerprint density at radius 2 is 1.52 bits per heavy atom. The quantitative estimate of drug-likeness (QED) is 0.730. The van der Waals surface area contributed by atoms with Gasteiger partial charge in [0, 0.05) is 12.0 Å². The first-order chi connectivity index (χ1) is 9.97. The van der Waals surface area contributed by atoms with Crippen molar-refractivity contribution in [3.05, 3.63) is 59.2 Å². The molecule has 0 aliphatic heterocycles. The fourth-order valence-corrected chi connectivity index (χ4v) is 2.79. The number of hydrogen-bond donors (Lipinski definition) is 0. The molecule has 0 aromatic heterocycles. The highest BCUT2D eigenvalue weighted by Crippen LogP contribution is 2.34. The van der Waals surface area contributed by atoms with Crippen LogP contribution in [0.1, 0.15) is 34.3 Å². The first kappa shape index (κ1) is 13.9. The van der Waals surface area contributed by atoms with Crippen LogP contribution in [0, 0.1) is 0 Å². The number of fused-ring (bicyclic) bond motifs is 1. The summed E-state index contributed by atoms with van der Waals surface area (Å²) < 4.78 is 37.8. The second-order valence-corrected chi connectivity index (χ2v) is 5.18. The van der Waals surface area contributed by atoms with Crippen LogP contribution in [0.15, 0.2) is 42.5 Å². The van der Waals surface area contributed by atoms with Crippen LogP contribution < -0.4 is 0 Å². The van der Waals surface area contributed by atoms with E-state index in [0.29, 0.717) is 12.0 Å². The lowest BCUT2D eigenvalue weighted by Gasteiger charge is -2.18. The SMILES string of the molecule is O=C1CCCc2c1cccc2-c1ccc(C(F)(F)F)cc1. The van der Waals surface area contributed by atoms with Gasteiger partial charge in [-0.2, -0.15) is 13.2 Å². The number of alkyl halides is 3. The molecule has 0 atom stereocenters. The number of hydrogen-bond acceptors (Lipinski definition) is 1. The summed E-state index contributed by atoms with van der Waals surface area (Å²) in [6, 6.07) is 10.5. The van der Waals surface area contributed by atoms with Gasteiger partial charge in [0.05, 0.1) is 5.56 Å². The zero-order chi connectivity index (χ0) is 15.0. The predicted octanol–water partition coefficient (Wildman–Crippen LogP) is 4.89. The Kier molecular flexibility index (Phi) is 3.32. The summed E-state index contributed by atoms with van der Waals surface area (Å²) in [5, 5.41) is 0. The van der Waals surface area contributed by atoms with Gasteiger partial charge in [0.25, 0.3) is 0 Å². The van der Waals surface area contributed by atoms with Gasteiger partial charge in [-0.3, -0.25) is 4.79 Å². The van der Waals surface area contributed by atoms with Gasteiger partial charge in [0.15, 0.2) is 5.78 Å². The summed E-state index contributed by atoms with van der Waals surface area (Å²) in [5.41, 5.74) is 2.57. The number of ketones is 1. The van der Waals surface area contributed by atoms with Crippen LogP contribution in [-0.4, -0.2) is 5.78 Å². The Labute approximate surface area is 120 Å². The normalized spacial score (nSPS) is 14.9. The molecule has 1 aliphatic carbocycles. The molecule has 2 aromatic carbocycles. The molecular formula is C17H13F3O. The van der Waals surface area contributed by atoms with E-state index in [0.717, 1.165) is 41.7 Å². The van der Waals surface area contributed by atoms with E-state index in [9.17, 15) is 18.0 Å². The van der Waals surface area contributed by atoms with Crippen molar-refractivity contribution in [2.75, 3.05) is 0 Å². The number of carbonyl (C=O) groups is 1. The topological polar surface area (TPSA) is 17.1 Å². The first-order valence-electron chi connectivity index (χ1n) is 6.79. The van der Waals surface area contributed by atoms with E-state index in [1.165, 1.54) is 12.1 Å². The van der Waals surface area contributed by atoms with Crippen molar-refractivity contribution in [2.24, 2.45) is 0 Å². The minimum Gasteiger partial charge on any atom is -0.294 e. The number of Topliss-reactive ketones (excluding diaryl/α,β-unsaturated/α-hetero) is 1. The highest BCUT2D eigenvalue weighted by atomic mass is 19.4. The average Bonchev–Trinajstić information content (AvgIpc) is 2.46. The number of halogens is 3.